The van der Waals surface area contributed by atoms with Gasteiger partial charge in [-0.1, -0.05) is 12.1 Å². The van der Waals surface area contributed by atoms with Gasteiger partial charge in [0.15, 0.2) is 5.78 Å². The van der Waals surface area contributed by atoms with Crippen molar-refractivity contribution in [3.8, 4) is 0 Å². The fraction of sp³-hybridized carbons (Fsp3) is 0.136. The molecule has 4 rings (SSSR count). The highest BCUT2D eigenvalue weighted by molar-refractivity contribution is 7.91. The van der Waals surface area contributed by atoms with Gasteiger partial charge < -0.3 is 4.40 Å². The van der Waals surface area contributed by atoms with Crippen LogP contribution in [0.15, 0.2) is 83.2 Å². The highest BCUT2D eigenvalue weighted by Gasteiger charge is 2.18. The standard InChI is InChI=1S/C22H19N3O3S/c1-16-12-20(14-23-13-16)29(27,28)19-6-2-17(3-7-19)4-8-21(26)18-5-9-22-24-10-11-25(22)15-18/h2-3,5-7,9-15H,4,8H2,1H3. The predicted octanol–water partition coefficient (Wildman–Crippen LogP) is 3.69. The summed E-state index contributed by atoms with van der Waals surface area (Å²) >= 11 is 0. The van der Waals surface area contributed by atoms with Crippen molar-refractivity contribution in [2.45, 2.75) is 29.6 Å². The minimum absolute atomic E-state index is 0.0307. The van der Waals surface area contributed by atoms with Gasteiger partial charge in [0.1, 0.15) is 5.65 Å². The van der Waals surface area contributed by atoms with Gasteiger partial charge in [-0.15, -0.1) is 0 Å². The molecule has 0 N–H and O–H groups in total. The van der Waals surface area contributed by atoms with E-state index in [4.69, 9.17) is 0 Å². The van der Waals surface area contributed by atoms with Crippen LogP contribution in [-0.2, 0) is 16.3 Å². The van der Waals surface area contributed by atoms with Crippen molar-refractivity contribution in [3.05, 3.63) is 90.1 Å². The molecule has 3 heterocycles. The Morgan fingerprint density at radius 2 is 1.83 bits per heavy atom. The number of Topliss-reactive ketones (excluding diaryl/α,β-unsaturated/α-hetero) is 1. The summed E-state index contributed by atoms with van der Waals surface area (Å²) in [4.78, 5) is 21.0. The second-order valence-electron chi connectivity index (χ2n) is 6.88. The monoisotopic (exact) mass is 405 g/mol. The maximum atomic E-state index is 12.7. The van der Waals surface area contributed by atoms with Gasteiger partial charge in [-0.2, -0.15) is 0 Å². The third kappa shape index (κ3) is 3.95. The Morgan fingerprint density at radius 1 is 1.03 bits per heavy atom. The van der Waals surface area contributed by atoms with Crippen LogP contribution in [0.2, 0.25) is 0 Å². The third-order valence-electron chi connectivity index (χ3n) is 4.75. The van der Waals surface area contributed by atoms with E-state index >= 15 is 0 Å². The van der Waals surface area contributed by atoms with E-state index in [1.165, 1.54) is 6.20 Å². The Bertz CT molecular complexity index is 1290. The van der Waals surface area contributed by atoms with Crippen LogP contribution in [0, 0.1) is 6.92 Å². The molecule has 3 aromatic heterocycles. The van der Waals surface area contributed by atoms with Crippen molar-refractivity contribution in [1.82, 2.24) is 14.4 Å². The lowest BCUT2D eigenvalue weighted by Crippen LogP contribution is -2.04. The van der Waals surface area contributed by atoms with E-state index in [0.29, 0.717) is 18.4 Å². The predicted molar refractivity (Wildman–Crippen MR) is 109 cm³/mol. The first-order valence-electron chi connectivity index (χ1n) is 9.15. The first kappa shape index (κ1) is 19.0. The number of aromatic nitrogens is 3. The van der Waals surface area contributed by atoms with Gasteiger partial charge in [-0.3, -0.25) is 9.78 Å². The number of nitrogens with zero attached hydrogens (tertiary/aromatic N) is 3. The summed E-state index contributed by atoms with van der Waals surface area (Å²) in [6.07, 6.45) is 9.11. The van der Waals surface area contributed by atoms with E-state index in [2.05, 4.69) is 9.97 Å². The maximum absolute atomic E-state index is 12.7. The van der Waals surface area contributed by atoms with Crippen LogP contribution in [0.25, 0.3) is 5.65 Å². The molecule has 0 unspecified atom stereocenters. The number of sulfone groups is 1. The van der Waals surface area contributed by atoms with E-state index in [-0.39, 0.29) is 15.6 Å². The topological polar surface area (TPSA) is 81.4 Å². The Hall–Kier alpha value is -3.32. The molecule has 0 saturated carbocycles. The lowest BCUT2D eigenvalue weighted by Gasteiger charge is -2.07. The molecular weight excluding hydrogens is 386 g/mol. The van der Waals surface area contributed by atoms with Crippen LogP contribution >= 0.6 is 0 Å². The number of aryl methyl sites for hydroxylation is 2. The van der Waals surface area contributed by atoms with E-state index in [1.54, 1.807) is 68.1 Å². The van der Waals surface area contributed by atoms with Crippen LogP contribution in [0.1, 0.15) is 27.9 Å². The fourth-order valence-electron chi connectivity index (χ4n) is 3.13. The first-order chi connectivity index (χ1) is 13.9. The molecule has 0 fully saturated rings. The van der Waals surface area contributed by atoms with Crippen molar-refractivity contribution in [2.24, 2.45) is 0 Å². The number of imidazole rings is 1. The lowest BCUT2D eigenvalue weighted by molar-refractivity contribution is 0.0982. The van der Waals surface area contributed by atoms with Crippen molar-refractivity contribution in [3.63, 3.8) is 0 Å². The first-order valence-corrected chi connectivity index (χ1v) is 10.6. The second kappa shape index (κ2) is 7.60. The molecule has 4 aromatic rings. The molecular formula is C22H19N3O3S. The summed E-state index contributed by atoms with van der Waals surface area (Å²) in [5, 5.41) is 0. The largest absolute Gasteiger partial charge is 0.306 e. The third-order valence-corrected chi connectivity index (χ3v) is 6.48. The van der Waals surface area contributed by atoms with E-state index in [1.807, 2.05) is 10.5 Å². The zero-order valence-corrected chi connectivity index (χ0v) is 16.6. The van der Waals surface area contributed by atoms with Crippen molar-refractivity contribution >= 4 is 21.3 Å². The summed E-state index contributed by atoms with van der Waals surface area (Å²) in [7, 11) is -3.61. The average molecular weight is 405 g/mol. The molecule has 6 nitrogen and oxygen atoms in total. The second-order valence-corrected chi connectivity index (χ2v) is 8.83. The molecule has 0 atom stereocenters. The SMILES string of the molecule is Cc1cncc(S(=O)(=O)c2ccc(CCC(=O)c3ccc4nccn4c3)cc2)c1. The molecule has 1 aromatic carbocycles. The number of hydrogen-bond acceptors (Lipinski definition) is 5. The minimum Gasteiger partial charge on any atom is -0.306 e. The minimum atomic E-state index is -3.61. The Labute approximate surface area is 168 Å². The van der Waals surface area contributed by atoms with E-state index in [9.17, 15) is 13.2 Å². The van der Waals surface area contributed by atoms with Crippen molar-refractivity contribution < 1.29 is 13.2 Å². The van der Waals surface area contributed by atoms with Gasteiger partial charge in [0.25, 0.3) is 0 Å². The van der Waals surface area contributed by atoms with Crippen molar-refractivity contribution in [1.29, 1.82) is 0 Å². The Morgan fingerprint density at radius 3 is 2.59 bits per heavy atom. The molecule has 0 bridgehead atoms. The van der Waals surface area contributed by atoms with Crippen LogP contribution in [0.3, 0.4) is 0 Å². The fourth-order valence-corrected chi connectivity index (χ4v) is 4.44. The zero-order valence-electron chi connectivity index (χ0n) is 15.8. The van der Waals surface area contributed by atoms with Gasteiger partial charge in [0, 0.05) is 43.0 Å². The van der Waals surface area contributed by atoms with Crippen LogP contribution in [0.5, 0.6) is 0 Å². The summed E-state index contributed by atoms with van der Waals surface area (Å²) in [6.45, 7) is 1.80. The van der Waals surface area contributed by atoms with E-state index in [0.717, 1.165) is 16.8 Å². The van der Waals surface area contributed by atoms with Crippen LogP contribution < -0.4 is 0 Å². The van der Waals surface area contributed by atoms with Gasteiger partial charge in [-0.05, 0) is 54.8 Å². The number of benzene rings is 1. The average Bonchev–Trinajstić information content (AvgIpc) is 3.20. The number of fused-ring (bicyclic) bond motifs is 1. The summed E-state index contributed by atoms with van der Waals surface area (Å²) in [6, 6.07) is 11.9. The van der Waals surface area contributed by atoms with Gasteiger partial charge >= 0.3 is 0 Å². The highest BCUT2D eigenvalue weighted by Crippen LogP contribution is 2.21. The quantitative estimate of drug-likeness (QED) is 0.457. The molecule has 0 saturated heterocycles. The van der Waals surface area contributed by atoms with Gasteiger partial charge in [-0.25, -0.2) is 13.4 Å². The summed E-state index contributed by atoms with van der Waals surface area (Å²) in [5.74, 6) is 0.0307. The molecule has 146 valence electrons. The zero-order chi connectivity index (χ0) is 20.4. The number of pyridine rings is 2. The molecule has 29 heavy (non-hydrogen) atoms. The summed E-state index contributed by atoms with van der Waals surface area (Å²) < 4.78 is 27.3. The molecule has 0 spiro atoms. The highest BCUT2D eigenvalue weighted by atomic mass is 32.2. The molecule has 0 aliphatic carbocycles. The molecule has 0 aliphatic heterocycles. The number of carbonyl (C=O) groups is 1. The Kier molecular flexibility index (Phi) is 4.98. The van der Waals surface area contributed by atoms with Crippen molar-refractivity contribution in [2.75, 3.05) is 0 Å². The number of carbonyl (C=O) groups excluding carboxylic acids is 1. The number of ketones is 1. The molecule has 0 amide bonds. The molecule has 7 heteroatoms. The number of hydrogen-bond donors (Lipinski definition) is 0. The maximum Gasteiger partial charge on any atom is 0.208 e. The Balaban J connectivity index is 1.46. The normalized spacial score (nSPS) is 11.6. The van der Waals surface area contributed by atoms with Gasteiger partial charge in [0.2, 0.25) is 9.84 Å². The van der Waals surface area contributed by atoms with Crippen LogP contribution in [-0.4, -0.2) is 28.6 Å². The van der Waals surface area contributed by atoms with E-state index < -0.39 is 9.84 Å². The molecule has 0 aliphatic rings. The summed E-state index contributed by atoms with van der Waals surface area (Å²) in [5.41, 5.74) is 3.11. The lowest BCUT2D eigenvalue weighted by atomic mass is 10.0. The molecule has 0 radical (unpaired) electrons. The number of rotatable bonds is 6. The smallest absolute Gasteiger partial charge is 0.208 e. The van der Waals surface area contributed by atoms with Crippen LogP contribution in [0.4, 0.5) is 0 Å². The van der Waals surface area contributed by atoms with Gasteiger partial charge in [0.05, 0.1) is 9.79 Å².